The SMILES string of the molecule is CC(C)(C)c1ccc(C(=O)C2C3CC4CC(C3)CC2C4)s1. The molecule has 0 radical (unpaired) electrons. The molecule has 0 N–H and O–H groups in total. The highest BCUT2D eigenvalue weighted by molar-refractivity contribution is 7.14. The summed E-state index contributed by atoms with van der Waals surface area (Å²) in [4.78, 5) is 15.5. The van der Waals surface area contributed by atoms with E-state index in [1.165, 1.54) is 37.0 Å². The molecule has 114 valence electrons. The van der Waals surface area contributed by atoms with E-state index in [4.69, 9.17) is 0 Å². The van der Waals surface area contributed by atoms with Gasteiger partial charge in [-0.1, -0.05) is 20.8 Å². The summed E-state index contributed by atoms with van der Waals surface area (Å²) in [6.45, 7) is 6.70. The van der Waals surface area contributed by atoms with Gasteiger partial charge in [0.1, 0.15) is 0 Å². The lowest BCUT2D eigenvalue weighted by Gasteiger charge is -2.53. The van der Waals surface area contributed by atoms with Crippen molar-refractivity contribution in [2.45, 2.75) is 58.3 Å². The van der Waals surface area contributed by atoms with Crippen LogP contribution in [0.15, 0.2) is 12.1 Å². The van der Waals surface area contributed by atoms with Crippen LogP contribution in [0.4, 0.5) is 0 Å². The van der Waals surface area contributed by atoms with E-state index in [0.29, 0.717) is 23.5 Å². The maximum Gasteiger partial charge on any atom is 0.176 e. The van der Waals surface area contributed by atoms with Gasteiger partial charge in [0.15, 0.2) is 5.78 Å². The third-order valence-corrected chi connectivity index (χ3v) is 7.64. The minimum absolute atomic E-state index is 0.160. The van der Waals surface area contributed by atoms with Gasteiger partial charge in [-0.05, 0) is 73.3 Å². The van der Waals surface area contributed by atoms with Gasteiger partial charge in [-0.25, -0.2) is 0 Å². The van der Waals surface area contributed by atoms with Crippen molar-refractivity contribution in [3.8, 4) is 0 Å². The molecule has 0 unspecified atom stereocenters. The summed E-state index contributed by atoms with van der Waals surface area (Å²) in [6.07, 6.45) is 6.80. The first kappa shape index (κ1) is 14.0. The Morgan fingerprint density at radius 2 is 1.57 bits per heavy atom. The van der Waals surface area contributed by atoms with Crippen molar-refractivity contribution in [1.29, 1.82) is 0 Å². The van der Waals surface area contributed by atoms with Crippen LogP contribution in [-0.4, -0.2) is 5.78 Å². The van der Waals surface area contributed by atoms with Crippen LogP contribution < -0.4 is 0 Å². The summed E-state index contributed by atoms with van der Waals surface area (Å²) in [7, 11) is 0. The van der Waals surface area contributed by atoms with Gasteiger partial charge in [0, 0.05) is 10.8 Å². The highest BCUT2D eigenvalue weighted by Crippen LogP contribution is 2.57. The van der Waals surface area contributed by atoms with Gasteiger partial charge in [-0.3, -0.25) is 4.79 Å². The maximum absolute atomic E-state index is 13.1. The number of Topliss-reactive ketones (excluding diaryl/α,β-unsaturated/α-hetero) is 1. The lowest BCUT2D eigenvalue weighted by Crippen LogP contribution is -2.47. The molecule has 4 aliphatic carbocycles. The van der Waals surface area contributed by atoms with Crippen LogP contribution in [0.3, 0.4) is 0 Å². The molecule has 1 heterocycles. The standard InChI is InChI=1S/C19H26OS/c1-19(2,3)16-5-4-15(21-16)18(20)17-13-7-11-6-12(9-13)10-14(17)8-11/h4-5,11-14,17H,6-10H2,1-3H3. The van der Waals surface area contributed by atoms with Gasteiger partial charge in [0.25, 0.3) is 0 Å². The van der Waals surface area contributed by atoms with Crippen LogP contribution in [0.5, 0.6) is 0 Å². The average Bonchev–Trinajstić information content (AvgIpc) is 2.86. The van der Waals surface area contributed by atoms with Crippen molar-refractivity contribution >= 4 is 17.1 Å². The van der Waals surface area contributed by atoms with Crippen LogP contribution in [0.2, 0.25) is 0 Å². The normalized spacial score (nSPS) is 38.0. The van der Waals surface area contributed by atoms with Gasteiger partial charge in [-0.15, -0.1) is 11.3 Å². The van der Waals surface area contributed by atoms with Crippen molar-refractivity contribution in [1.82, 2.24) is 0 Å². The Labute approximate surface area is 132 Å². The van der Waals surface area contributed by atoms with Gasteiger partial charge >= 0.3 is 0 Å². The van der Waals surface area contributed by atoms with Crippen molar-refractivity contribution in [3.05, 3.63) is 21.9 Å². The fourth-order valence-corrected chi connectivity index (χ4v) is 6.44. The lowest BCUT2D eigenvalue weighted by atomic mass is 9.51. The number of ketones is 1. The predicted octanol–water partition coefficient (Wildman–Crippen LogP) is 5.30. The Morgan fingerprint density at radius 1 is 1.00 bits per heavy atom. The Morgan fingerprint density at radius 3 is 2.05 bits per heavy atom. The highest BCUT2D eigenvalue weighted by Gasteiger charge is 2.50. The van der Waals surface area contributed by atoms with Crippen molar-refractivity contribution < 1.29 is 4.79 Å². The molecule has 0 atom stereocenters. The Bertz CT molecular complexity index is 534. The van der Waals surface area contributed by atoms with Crippen molar-refractivity contribution in [2.75, 3.05) is 0 Å². The van der Waals surface area contributed by atoms with E-state index in [9.17, 15) is 4.79 Å². The second-order valence-corrected chi connectivity index (χ2v) is 9.82. The molecule has 0 spiro atoms. The van der Waals surface area contributed by atoms with E-state index >= 15 is 0 Å². The second-order valence-electron chi connectivity index (χ2n) is 8.73. The molecule has 5 rings (SSSR count). The molecule has 4 fully saturated rings. The van der Waals surface area contributed by atoms with E-state index in [2.05, 4.69) is 32.9 Å². The van der Waals surface area contributed by atoms with Crippen molar-refractivity contribution in [2.24, 2.45) is 29.6 Å². The molecule has 1 aromatic heterocycles. The molecule has 4 aliphatic rings. The van der Waals surface area contributed by atoms with Crippen LogP contribution in [0.1, 0.15) is 67.4 Å². The molecule has 4 bridgehead atoms. The molecule has 2 heteroatoms. The zero-order valence-corrected chi connectivity index (χ0v) is 14.2. The molecule has 0 aliphatic heterocycles. The van der Waals surface area contributed by atoms with Gasteiger partial charge in [-0.2, -0.15) is 0 Å². The van der Waals surface area contributed by atoms with E-state index in [0.717, 1.165) is 16.7 Å². The van der Waals surface area contributed by atoms with Gasteiger partial charge in [0.05, 0.1) is 4.88 Å². The Kier molecular flexibility index (Phi) is 3.12. The summed E-state index contributed by atoms with van der Waals surface area (Å²) in [5, 5.41) is 0. The van der Waals surface area contributed by atoms with Crippen LogP contribution in [-0.2, 0) is 5.41 Å². The summed E-state index contributed by atoms with van der Waals surface area (Å²) in [6, 6.07) is 4.27. The highest BCUT2D eigenvalue weighted by atomic mass is 32.1. The molecule has 4 saturated carbocycles. The van der Waals surface area contributed by atoms with E-state index in [1.807, 2.05) is 0 Å². The Balaban J connectivity index is 1.59. The monoisotopic (exact) mass is 302 g/mol. The summed E-state index contributed by atoms with van der Waals surface area (Å²) in [5.41, 5.74) is 0.160. The number of carbonyl (C=O) groups is 1. The van der Waals surface area contributed by atoms with Crippen LogP contribution in [0, 0.1) is 29.6 Å². The van der Waals surface area contributed by atoms with E-state index in [1.54, 1.807) is 11.3 Å². The quantitative estimate of drug-likeness (QED) is 0.677. The van der Waals surface area contributed by atoms with Crippen molar-refractivity contribution in [3.63, 3.8) is 0 Å². The molecule has 0 aromatic carbocycles. The molecular weight excluding hydrogens is 276 g/mol. The molecule has 0 amide bonds. The fraction of sp³-hybridized carbons (Fsp3) is 0.737. The summed E-state index contributed by atoms with van der Waals surface area (Å²) in [5.74, 6) is 4.13. The van der Waals surface area contributed by atoms with Crippen LogP contribution in [0.25, 0.3) is 0 Å². The predicted molar refractivity (Wildman–Crippen MR) is 87.9 cm³/mol. The molecule has 21 heavy (non-hydrogen) atoms. The largest absolute Gasteiger partial charge is 0.293 e. The topological polar surface area (TPSA) is 17.1 Å². The Hall–Kier alpha value is -0.630. The summed E-state index contributed by atoms with van der Waals surface area (Å²) < 4.78 is 0. The fourth-order valence-electron chi connectivity index (χ4n) is 5.39. The molecule has 0 saturated heterocycles. The minimum atomic E-state index is 0.160. The molecular formula is C19H26OS. The number of hydrogen-bond acceptors (Lipinski definition) is 2. The molecule has 1 nitrogen and oxygen atoms in total. The third-order valence-electron chi connectivity index (χ3n) is 6.12. The number of rotatable bonds is 2. The van der Waals surface area contributed by atoms with Gasteiger partial charge < -0.3 is 0 Å². The number of hydrogen-bond donors (Lipinski definition) is 0. The third kappa shape index (κ3) is 2.30. The first-order valence-electron chi connectivity index (χ1n) is 8.56. The summed E-state index contributed by atoms with van der Waals surface area (Å²) >= 11 is 1.74. The zero-order valence-electron chi connectivity index (χ0n) is 13.4. The smallest absolute Gasteiger partial charge is 0.176 e. The van der Waals surface area contributed by atoms with E-state index < -0.39 is 0 Å². The minimum Gasteiger partial charge on any atom is -0.293 e. The lowest BCUT2D eigenvalue weighted by molar-refractivity contribution is -0.0249. The van der Waals surface area contributed by atoms with Crippen LogP contribution >= 0.6 is 11.3 Å². The van der Waals surface area contributed by atoms with E-state index in [-0.39, 0.29) is 5.41 Å². The zero-order chi connectivity index (χ0) is 14.8. The molecule has 1 aromatic rings. The second kappa shape index (κ2) is 4.68. The number of carbonyl (C=O) groups excluding carboxylic acids is 1. The maximum atomic E-state index is 13.1. The first-order valence-corrected chi connectivity index (χ1v) is 9.38. The number of thiophene rings is 1. The van der Waals surface area contributed by atoms with Gasteiger partial charge in [0.2, 0.25) is 0 Å². The average molecular weight is 302 g/mol. The first-order chi connectivity index (χ1) is 9.91.